The van der Waals surface area contributed by atoms with Crippen molar-refractivity contribution in [3.8, 4) is 0 Å². The molecule has 2 unspecified atom stereocenters. The Morgan fingerprint density at radius 3 is 2.62 bits per heavy atom. The van der Waals surface area contributed by atoms with Gasteiger partial charge in [-0.25, -0.2) is 8.42 Å². The maximum absolute atomic E-state index is 13.6. The number of nitrogens with one attached hydrogen (secondary N) is 2. The van der Waals surface area contributed by atoms with Crippen LogP contribution in [0.2, 0.25) is 0 Å². The first-order valence-electron chi connectivity index (χ1n) is 10.3. The summed E-state index contributed by atoms with van der Waals surface area (Å²) in [6.45, 7) is 10.1. The third kappa shape index (κ3) is 4.84. The van der Waals surface area contributed by atoms with E-state index >= 15 is 0 Å². The van der Waals surface area contributed by atoms with Crippen molar-refractivity contribution < 1.29 is 27.4 Å². The number of carbonyl (C=O) groups excluding carboxylic acids is 1. The van der Waals surface area contributed by atoms with Crippen LogP contribution in [0, 0.1) is 5.41 Å². The molecule has 0 bridgehead atoms. The maximum Gasteiger partial charge on any atom is 0.348 e. The molecule has 2 heterocycles. The average molecular weight is 485 g/mol. The number of hydrogen-bond acceptors (Lipinski definition) is 7. The fraction of sp³-hybridized carbons (Fsp3) is 0.500. The van der Waals surface area contributed by atoms with Crippen LogP contribution in [0.4, 0.5) is 11.4 Å². The molecule has 12 heteroatoms. The summed E-state index contributed by atoms with van der Waals surface area (Å²) in [5, 5.41) is 13.9. The van der Waals surface area contributed by atoms with Crippen molar-refractivity contribution >= 4 is 46.8 Å². The van der Waals surface area contributed by atoms with Crippen LogP contribution in [0.5, 0.6) is 0 Å². The van der Waals surface area contributed by atoms with Crippen molar-refractivity contribution in [2.45, 2.75) is 47.1 Å². The van der Waals surface area contributed by atoms with Gasteiger partial charge in [-0.3, -0.25) is 14.1 Å². The number of aliphatic hydroxyl groups is 1. The summed E-state index contributed by atoms with van der Waals surface area (Å²) in [6.07, 6.45) is 0.738. The van der Waals surface area contributed by atoms with Crippen LogP contribution < -0.4 is 15.3 Å². The van der Waals surface area contributed by atoms with Gasteiger partial charge < -0.3 is 19.8 Å². The minimum absolute atomic E-state index is 0.00283. The van der Waals surface area contributed by atoms with Crippen LogP contribution in [-0.2, 0) is 24.8 Å². The highest BCUT2D eigenvalue weighted by molar-refractivity contribution is 7.74. The first-order chi connectivity index (χ1) is 14.9. The van der Waals surface area contributed by atoms with E-state index in [1.165, 1.54) is 18.2 Å². The Morgan fingerprint density at radius 1 is 1.34 bits per heavy atom. The lowest BCUT2D eigenvalue weighted by atomic mass is 9.92. The summed E-state index contributed by atoms with van der Waals surface area (Å²) < 4.78 is 47.6. The topological polar surface area (TPSA) is 137 Å². The lowest BCUT2D eigenvalue weighted by molar-refractivity contribution is -0.126. The summed E-state index contributed by atoms with van der Waals surface area (Å²) >= 11 is 0. The van der Waals surface area contributed by atoms with Gasteiger partial charge in [-0.1, -0.05) is 20.8 Å². The number of hydrogen-bond donors (Lipinski definition) is 4. The molecule has 0 radical (unpaired) electrons. The molecule has 1 aromatic rings. The summed E-state index contributed by atoms with van der Waals surface area (Å²) in [7, 11) is -6.75. The van der Waals surface area contributed by atoms with E-state index in [0.717, 1.165) is 6.42 Å². The predicted octanol–water partition coefficient (Wildman–Crippen LogP) is 2.78. The summed E-state index contributed by atoms with van der Waals surface area (Å²) in [5.74, 6) is -0.584. The van der Waals surface area contributed by atoms with Crippen molar-refractivity contribution in [3.05, 3.63) is 29.5 Å². The molecule has 1 amide bonds. The molecule has 0 saturated carbocycles. The monoisotopic (exact) mass is 484 g/mol. The van der Waals surface area contributed by atoms with Gasteiger partial charge in [0.1, 0.15) is 11.3 Å². The second kappa shape index (κ2) is 8.88. The third-order valence-electron chi connectivity index (χ3n) is 5.24. The number of rotatable bonds is 7. The molecule has 2 aliphatic heterocycles. The Balaban J connectivity index is 2.00. The normalized spacial score (nSPS) is 23.3. The molecular weight excluding hydrogens is 455 g/mol. The van der Waals surface area contributed by atoms with Gasteiger partial charge in [0, 0.05) is 12.2 Å². The molecule has 0 aromatic heterocycles. The highest BCUT2D eigenvalue weighted by Gasteiger charge is 2.43. The number of amidine groups is 1. The number of carbonyl (C=O) groups is 1. The maximum atomic E-state index is 13.6. The molecule has 1 aromatic carbocycles. The van der Waals surface area contributed by atoms with E-state index in [4.69, 9.17) is 4.52 Å². The van der Waals surface area contributed by atoms with Crippen molar-refractivity contribution in [2.75, 3.05) is 23.2 Å². The van der Waals surface area contributed by atoms with Crippen LogP contribution in [0.1, 0.15) is 41.0 Å². The van der Waals surface area contributed by atoms with Gasteiger partial charge in [-0.15, -0.1) is 0 Å². The first kappa shape index (κ1) is 24.3. The van der Waals surface area contributed by atoms with Crippen LogP contribution >= 0.6 is 7.52 Å². The number of anilines is 2. The number of amides is 1. The summed E-state index contributed by atoms with van der Waals surface area (Å²) in [4.78, 5) is 14.7. The van der Waals surface area contributed by atoms with Gasteiger partial charge in [-0.2, -0.15) is 4.76 Å². The van der Waals surface area contributed by atoms with Crippen LogP contribution in [0.25, 0.3) is 0 Å². The quantitative estimate of drug-likeness (QED) is 0.345. The highest BCUT2D eigenvalue weighted by atomic mass is 32.2. The summed E-state index contributed by atoms with van der Waals surface area (Å²) in [6, 6.07) is 3.85. The fourth-order valence-corrected chi connectivity index (χ4v) is 5.68. The number of benzene rings is 1. The number of fused-ring (bicyclic) bond motifs is 1. The predicted molar refractivity (Wildman–Crippen MR) is 125 cm³/mol. The molecule has 32 heavy (non-hydrogen) atoms. The Hall–Kier alpha value is -2.36. The molecule has 3 rings (SSSR count). The van der Waals surface area contributed by atoms with Gasteiger partial charge in [0.05, 0.1) is 23.6 Å². The zero-order valence-electron chi connectivity index (χ0n) is 18.7. The van der Waals surface area contributed by atoms with E-state index in [-0.39, 0.29) is 40.2 Å². The molecule has 10 nitrogen and oxygen atoms in total. The highest BCUT2D eigenvalue weighted by Crippen LogP contribution is 2.52. The zero-order chi connectivity index (χ0) is 23.8. The number of aliphatic hydroxyl groups excluding tert-OH is 1. The molecule has 176 valence electrons. The SMILES string of the molecule is CCOP1(=O)N=C(C2=C(O)C(C)N(CCC(C)(C)C)C2=O)Nc2ccc(N[SH](=O)=O)cc21. The zero-order valence-corrected chi connectivity index (χ0v) is 20.5. The van der Waals surface area contributed by atoms with Gasteiger partial charge in [0.2, 0.25) is 10.9 Å². The van der Waals surface area contributed by atoms with Gasteiger partial charge in [0.25, 0.3) is 5.91 Å². The molecule has 2 atom stereocenters. The Bertz CT molecular complexity index is 1110. The Kier molecular flexibility index (Phi) is 6.74. The second-order valence-corrected chi connectivity index (χ2v) is 11.6. The third-order valence-corrected chi connectivity index (χ3v) is 7.74. The minimum atomic E-state index is -3.84. The van der Waals surface area contributed by atoms with Crippen molar-refractivity contribution in [2.24, 2.45) is 10.2 Å². The molecule has 0 spiro atoms. The standard InChI is InChI=1S/C20H29N4O6PS/c1-6-30-31(27)15-11-13(23-32(28)29)7-8-14(15)21-18(22-31)16-17(25)12(2)24(19(16)26)10-9-20(3,4)5/h7-8,11-12,25,32H,6,9-10H2,1-5H3,(H,21,22,27)(H,23,28,29). The van der Waals surface area contributed by atoms with Gasteiger partial charge in [-0.05, 0) is 43.9 Å². The molecule has 0 aliphatic carbocycles. The van der Waals surface area contributed by atoms with Crippen molar-refractivity contribution in [1.82, 2.24) is 4.90 Å². The van der Waals surface area contributed by atoms with Crippen LogP contribution in [0.3, 0.4) is 0 Å². The van der Waals surface area contributed by atoms with E-state index in [2.05, 4.69) is 35.6 Å². The molecule has 3 N–H and O–H groups in total. The van der Waals surface area contributed by atoms with Gasteiger partial charge in [0.15, 0.2) is 5.84 Å². The average Bonchev–Trinajstić information content (AvgIpc) is 2.88. The van der Waals surface area contributed by atoms with E-state index in [1.807, 2.05) is 0 Å². The second-order valence-electron chi connectivity index (χ2n) is 8.86. The number of nitrogens with zero attached hydrogens (tertiary/aromatic N) is 2. The van der Waals surface area contributed by atoms with Gasteiger partial charge >= 0.3 is 7.52 Å². The Labute approximate surface area is 189 Å². The molecular formula is C20H29N4O6PS. The van der Waals surface area contributed by atoms with Crippen molar-refractivity contribution in [3.63, 3.8) is 0 Å². The van der Waals surface area contributed by atoms with Crippen LogP contribution in [0.15, 0.2) is 34.3 Å². The lowest BCUT2D eigenvalue weighted by Gasteiger charge is -2.27. The Morgan fingerprint density at radius 2 is 2.03 bits per heavy atom. The summed E-state index contributed by atoms with van der Waals surface area (Å²) in [5.41, 5.74) is 0.526. The largest absolute Gasteiger partial charge is 0.509 e. The fourth-order valence-electron chi connectivity index (χ4n) is 3.53. The lowest BCUT2D eigenvalue weighted by Crippen LogP contribution is -2.37. The van der Waals surface area contributed by atoms with Crippen LogP contribution in [-0.4, -0.2) is 49.4 Å². The van der Waals surface area contributed by atoms with E-state index < -0.39 is 30.4 Å². The minimum Gasteiger partial charge on any atom is -0.509 e. The van der Waals surface area contributed by atoms with E-state index in [0.29, 0.717) is 12.2 Å². The molecule has 2 aliphatic rings. The number of thiol groups is 1. The first-order valence-corrected chi connectivity index (χ1v) is 13.0. The van der Waals surface area contributed by atoms with E-state index in [9.17, 15) is 22.9 Å². The molecule has 0 saturated heterocycles. The molecule has 0 fully saturated rings. The smallest absolute Gasteiger partial charge is 0.348 e. The van der Waals surface area contributed by atoms with Crippen molar-refractivity contribution in [1.29, 1.82) is 0 Å². The van der Waals surface area contributed by atoms with E-state index in [1.54, 1.807) is 18.7 Å².